The summed E-state index contributed by atoms with van der Waals surface area (Å²) in [6, 6.07) is 21.4. The molecule has 4 N–H and O–H groups in total. The van der Waals surface area contributed by atoms with Crippen LogP contribution in [-0.2, 0) is 6.42 Å². The average molecular weight is 541 g/mol. The topological polar surface area (TPSA) is 119 Å². The van der Waals surface area contributed by atoms with Crippen LogP contribution in [0.15, 0.2) is 72.8 Å². The Bertz CT molecular complexity index is 1530. The fraction of sp³-hybridized carbons (Fsp3) is 0.207. The van der Waals surface area contributed by atoms with Crippen LogP contribution in [0.3, 0.4) is 0 Å². The largest absolute Gasteiger partial charge is 0.356 e. The number of nitrogens with zero attached hydrogens (tertiary/aromatic N) is 2. The summed E-state index contributed by atoms with van der Waals surface area (Å²) in [7, 11) is 0. The molecule has 3 amide bonds. The van der Waals surface area contributed by atoms with Gasteiger partial charge in [-0.05, 0) is 60.5 Å². The van der Waals surface area contributed by atoms with E-state index in [0.29, 0.717) is 23.1 Å². The van der Waals surface area contributed by atoms with E-state index in [1.807, 2.05) is 30.3 Å². The number of aromatic nitrogens is 2. The second-order valence-electron chi connectivity index (χ2n) is 9.73. The number of thiocarbonyl (C=S) groups is 1. The molecule has 39 heavy (non-hydrogen) atoms. The molecule has 2 heterocycles. The summed E-state index contributed by atoms with van der Waals surface area (Å²) >= 11 is 5.46. The first-order chi connectivity index (χ1) is 18.8. The number of hydrazine groups is 1. The molecule has 1 aliphatic heterocycles. The van der Waals surface area contributed by atoms with Gasteiger partial charge in [0.05, 0.1) is 22.7 Å². The average Bonchev–Trinajstić information content (AvgIpc) is 3.47. The van der Waals surface area contributed by atoms with Crippen LogP contribution in [0, 0.1) is 0 Å². The van der Waals surface area contributed by atoms with Crippen molar-refractivity contribution < 1.29 is 14.4 Å². The molecule has 1 atom stereocenters. The first-order valence-corrected chi connectivity index (χ1v) is 13.1. The van der Waals surface area contributed by atoms with Gasteiger partial charge in [-0.2, -0.15) is 5.10 Å². The number of hydrogen-bond acceptors (Lipinski definition) is 5. The third kappa shape index (κ3) is 5.51. The van der Waals surface area contributed by atoms with Gasteiger partial charge >= 0.3 is 0 Å². The number of nitrogens with one attached hydrogen (secondary N) is 4. The molecule has 0 fully saturated rings. The van der Waals surface area contributed by atoms with Gasteiger partial charge in [0.15, 0.2) is 5.11 Å². The number of aromatic amines is 1. The number of imide groups is 1. The first-order valence-electron chi connectivity index (χ1n) is 12.7. The normalized spacial score (nSPS) is 13.5. The zero-order valence-electron chi connectivity index (χ0n) is 21.5. The summed E-state index contributed by atoms with van der Waals surface area (Å²) in [6.45, 7) is 4.21. The van der Waals surface area contributed by atoms with Gasteiger partial charge < -0.3 is 5.32 Å². The number of H-pyrrole nitrogens is 1. The van der Waals surface area contributed by atoms with E-state index >= 15 is 0 Å². The summed E-state index contributed by atoms with van der Waals surface area (Å²) in [4.78, 5) is 40.0. The van der Waals surface area contributed by atoms with Gasteiger partial charge in [0.2, 0.25) is 0 Å². The number of carbonyl (C=O) groups excluding carboxylic acids is 3. The van der Waals surface area contributed by atoms with Crippen LogP contribution in [0.25, 0.3) is 10.9 Å². The molecule has 0 unspecified atom stereocenters. The zero-order chi connectivity index (χ0) is 27.5. The molecule has 1 aromatic heterocycles. The van der Waals surface area contributed by atoms with Gasteiger partial charge in [0.1, 0.15) is 0 Å². The number of carbonyl (C=O) groups is 3. The maximum absolute atomic E-state index is 13.0. The summed E-state index contributed by atoms with van der Waals surface area (Å²) in [5, 5.41) is 11.5. The molecule has 198 valence electrons. The number of benzene rings is 3. The van der Waals surface area contributed by atoms with Crippen LogP contribution in [-0.4, -0.2) is 50.5 Å². The highest BCUT2D eigenvalue weighted by Gasteiger charge is 2.36. The number of rotatable bonds is 7. The van der Waals surface area contributed by atoms with Crippen LogP contribution in [0.4, 0.5) is 0 Å². The summed E-state index contributed by atoms with van der Waals surface area (Å²) in [5.74, 6) is -0.806. The maximum Gasteiger partial charge on any atom is 0.269 e. The lowest BCUT2D eigenvalue weighted by atomic mass is 10.0. The Hall–Kier alpha value is -4.57. The van der Waals surface area contributed by atoms with E-state index in [1.165, 1.54) is 4.90 Å². The van der Waals surface area contributed by atoms with Crippen molar-refractivity contribution in [3.05, 3.63) is 101 Å². The van der Waals surface area contributed by atoms with E-state index in [1.54, 1.807) is 42.5 Å². The standard InChI is InChI=1S/C29H28N6O3S/c1-17(2)25-23-15-19(12-13-24(23)31-32-25)26(36)33-34-29(39)30-20(14-18-8-4-3-5-9-18)16-35-27(37)21-10-6-7-11-22(21)28(35)38/h3-13,15,17,20H,14,16H2,1-2H3,(H,31,32)(H,33,36)(H2,30,34,39)/t20-/m0/s1. The third-order valence-electron chi connectivity index (χ3n) is 6.65. The minimum absolute atomic E-state index is 0.103. The van der Waals surface area contributed by atoms with Crippen molar-refractivity contribution in [2.24, 2.45) is 0 Å². The molecule has 0 radical (unpaired) electrons. The predicted molar refractivity (Wildman–Crippen MR) is 152 cm³/mol. The molecule has 1 aliphatic rings. The molecule has 5 rings (SSSR count). The van der Waals surface area contributed by atoms with Gasteiger partial charge in [0, 0.05) is 23.2 Å². The molecular weight excluding hydrogens is 512 g/mol. The quantitative estimate of drug-likeness (QED) is 0.160. The van der Waals surface area contributed by atoms with Crippen LogP contribution in [0.1, 0.15) is 62.1 Å². The highest BCUT2D eigenvalue weighted by Crippen LogP contribution is 2.24. The highest BCUT2D eigenvalue weighted by atomic mass is 32.1. The SMILES string of the molecule is CC(C)c1[nH]nc2ccc(C(=O)NNC(=S)N[C@@H](Cc3ccccc3)CN3C(=O)c4ccccc4C3=O)cc12. The van der Waals surface area contributed by atoms with Gasteiger partial charge in [0.25, 0.3) is 17.7 Å². The maximum atomic E-state index is 13.0. The highest BCUT2D eigenvalue weighted by molar-refractivity contribution is 7.80. The van der Waals surface area contributed by atoms with Crippen molar-refractivity contribution in [1.29, 1.82) is 0 Å². The van der Waals surface area contributed by atoms with Crippen molar-refractivity contribution in [2.45, 2.75) is 32.2 Å². The fourth-order valence-electron chi connectivity index (χ4n) is 4.70. The summed E-state index contributed by atoms with van der Waals surface area (Å²) < 4.78 is 0. The molecular formula is C29H28N6O3S. The summed E-state index contributed by atoms with van der Waals surface area (Å²) in [6.07, 6.45) is 0.499. The molecule has 4 aromatic rings. The second kappa shape index (κ2) is 11.0. The second-order valence-corrected chi connectivity index (χ2v) is 10.1. The number of hydrogen-bond donors (Lipinski definition) is 4. The Labute approximate surface area is 230 Å². The van der Waals surface area contributed by atoms with E-state index in [-0.39, 0.29) is 35.3 Å². The van der Waals surface area contributed by atoms with Crippen molar-refractivity contribution in [2.75, 3.05) is 6.54 Å². The van der Waals surface area contributed by atoms with Gasteiger partial charge in [-0.3, -0.25) is 35.2 Å². The fourth-order valence-corrected chi connectivity index (χ4v) is 4.92. The van der Waals surface area contributed by atoms with Crippen LogP contribution in [0.2, 0.25) is 0 Å². The van der Waals surface area contributed by atoms with Gasteiger partial charge in [-0.15, -0.1) is 0 Å². The summed E-state index contributed by atoms with van der Waals surface area (Å²) in [5.41, 5.74) is 9.37. The molecule has 0 spiro atoms. The van der Waals surface area contributed by atoms with Crippen LogP contribution < -0.4 is 16.2 Å². The smallest absolute Gasteiger partial charge is 0.269 e. The lowest BCUT2D eigenvalue weighted by Crippen LogP contribution is -2.53. The Morgan fingerprint density at radius 3 is 2.28 bits per heavy atom. The van der Waals surface area contributed by atoms with Crippen molar-refractivity contribution >= 4 is 46.0 Å². The molecule has 3 aromatic carbocycles. The van der Waals surface area contributed by atoms with Gasteiger partial charge in [-0.25, -0.2) is 0 Å². The predicted octanol–water partition coefficient (Wildman–Crippen LogP) is 3.70. The van der Waals surface area contributed by atoms with E-state index in [0.717, 1.165) is 22.2 Å². The van der Waals surface area contributed by atoms with Crippen molar-refractivity contribution in [3.8, 4) is 0 Å². The van der Waals surface area contributed by atoms with Crippen molar-refractivity contribution in [3.63, 3.8) is 0 Å². The molecule has 9 nitrogen and oxygen atoms in total. The number of fused-ring (bicyclic) bond motifs is 2. The molecule has 0 bridgehead atoms. The van der Waals surface area contributed by atoms with E-state index < -0.39 is 6.04 Å². The Kier molecular flexibility index (Phi) is 7.38. The van der Waals surface area contributed by atoms with Crippen molar-refractivity contribution in [1.82, 2.24) is 31.3 Å². The van der Waals surface area contributed by atoms with E-state index in [4.69, 9.17) is 12.2 Å². The minimum atomic E-state index is -0.401. The Morgan fingerprint density at radius 2 is 1.62 bits per heavy atom. The van der Waals surface area contributed by atoms with Crippen LogP contribution >= 0.6 is 12.2 Å². The van der Waals surface area contributed by atoms with Crippen LogP contribution in [0.5, 0.6) is 0 Å². The minimum Gasteiger partial charge on any atom is -0.356 e. The van der Waals surface area contributed by atoms with E-state index in [2.05, 4.69) is 40.2 Å². The Balaban J connectivity index is 1.26. The molecule has 0 saturated carbocycles. The molecule has 0 aliphatic carbocycles. The molecule has 10 heteroatoms. The first kappa shape index (κ1) is 26.1. The monoisotopic (exact) mass is 540 g/mol. The zero-order valence-corrected chi connectivity index (χ0v) is 22.3. The van der Waals surface area contributed by atoms with E-state index in [9.17, 15) is 14.4 Å². The van der Waals surface area contributed by atoms with Gasteiger partial charge in [-0.1, -0.05) is 56.3 Å². The Morgan fingerprint density at radius 1 is 0.949 bits per heavy atom. The lowest BCUT2D eigenvalue weighted by Gasteiger charge is -2.25. The number of amides is 3. The third-order valence-corrected chi connectivity index (χ3v) is 6.87. The lowest BCUT2D eigenvalue weighted by molar-refractivity contribution is 0.0641. The molecule has 0 saturated heterocycles.